The van der Waals surface area contributed by atoms with E-state index in [-0.39, 0.29) is 4.75 Å². The number of nitrogens with zero attached hydrogens (tertiary/aromatic N) is 2. The molecule has 1 aliphatic rings. The van der Waals surface area contributed by atoms with E-state index in [1.807, 2.05) is 0 Å². The van der Waals surface area contributed by atoms with Gasteiger partial charge in [0.05, 0.1) is 0 Å². The van der Waals surface area contributed by atoms with Crippen molar-refractivity contribution in [2.75, 3.05) is 39.3 Å². The van der Waals surface area contributed by atoms with Crippen LogP contribution in [0.25, 0.3) is 0 Å². The quantitative estimate of drug-likeness (QED) is 0.613. The molecule has 0 aromatic carbocycles. The molecule has 1 aliphatic heterocycles. The van der Waals surface area contributed by atoms with E-state index >= 15 is 0 Å². The van der Waals surface area contributed by atoms with Gasteiger partial charge in [-0.3, -0.25) is 4.90 Å². The van der Waals surface area contributed by atoms with Gasteiger partial charge < -0.3 is 4.90 Å². The topological polar surface area (TPSA) is 6.48 Å². The largest absolute Gasteiger partial charge is 0.301 e. The second-order valence-corrected chi connectivity index (χ2v) is 9.11. The van der Waals surface area contributed by atoms with Crippen LogP contribution in [0.3, 0.4) is 0 Å². The van der Waals surface area contributed by atoms with Crippen LogP contribution in [0.2, 0.25) is 0 Å². The zero-order chi connectivity index (χ0) is 13.8. The van der Waals surface area contributed by atoms with E-state index in [4.69, 9.17) is 0 Å². The Balaban J connectivity index is 2.25. The molecule has 0 aliphatic carbocycles. The summed E-state index contributed by atoms with van der Waals surface area (Å²) in [5, 5.41) is 0. The molecule has 2 nitrogen and oxygen atoms in total. The van der Waals surface area contributed by atoms with Crippen molar-refractivity contribution in [2.24, 2.45) is 5.41 Å². The molecule has 4 heteroatoms. The van der Waals surface area contributed by atoms with Gasteiger partial charge in [-0.25, -0.2) is 0 Å². The van der Waals surface area contributed by atoms with E-state index in [1.165, 1.54) is 39.1 Å². The Labute approximate surface area is 123 Å². The van der Waals surface area contributed by atoms with E-state index in [1.54, 1.807) is 10.8 Å². The summed E-state index contributed by atoms with van der Waals surface area (Å²) < 4.78 is 0.261. The van der Waals surface area contributed by atoms with Crippen molar-refractivity contribution >= 4 is 22.5 Å². The van der Waals surface area contributed by atoms with Gasteiger partial charge in [0.25, 0.3) is 0 Å². The molecule has 108 valence electrons. The third-order valence-electron chi connectivity index (χ3n) is 3.49. The molecule has 0 aromatic rings. The highest BCUT2D eigenvalue weighted by Crippen LogP contribution is 2.28. The normalized spacial score (nSPS) is 20.3. The summed E-state index contributed by atoms with van der Waals surface area (Å²) in [4.78, 5) is 5.19. The summed E-state index contributed by atoms with van der Waals surface area (Å²) in [6.45, 7) is 18.8. The Morgan fingerprint density at radius 2 is 1.44 bits per heavy atom. The van der Waals surface area contributed by atoms with Crippen LogP contribution in [-0.4, -0.2) is 53.8 Å². The maximum atomic E-state index is 4.36. The molecule has 0 amide bonds. The van der Waals surface area contributed by atoms with Crippen molar-refractivity contribution in [1.29, 1.82) is 0 Å². The molecule has 1 heterocycles. The molecule has 1 saturated heterocycles. The first-order valence-corrected chi connectivity index (χ1v) is 8.86. The Morgan fingerprint density at radius 1 is 0.944 bits per heavy atom. The minimum Gasteiger partial charge on any atom is -0.301 e. The summed E-state index contributed by atoms with van der Waals surface area (Å²) in [7, 11) is 1.67. The van der Waals surface area contributed by atoms with Crippen molar-refractivity contribution in [2.45, 2.75) is 45.8 Å². The second-order valence-electron chi connectivity index (χ2n) is 7.28. The molecular weight excluding hydrogens is 260 g/mol. The highest BCUT2D eigenvalue weighted by molar-refractivity contribution is 8.69. The predicted octanol–water partition coefficient (Wildman–Crippen LogP) is 3.40. The van der Waals surface area contributed by atoms with Gasteiger partial charge >= 0.3 is 0 Å². The molecule has 1 rings (SSSR count). The average Bonchev–Trinajstić information content (AvgIpc) is 2.27. The molecule has 0 N–H and O–H groups in total. The number of hydrogen-bond donors (Lipinski definition) is 1. The van der Waals surface area contributed by atoms with Crippen LogP contribution in [0, 0.1) is 5.41 Å². The molecule has 1 fully saturated rings. The summed E-state index contributed by atoms with van der Waals surface area (Å²) in [5.74, 6) is 0. The summed E-state index contributed by atoms with van der Waals surface area (Å²) in [5.41, 5.74) is 0.460. The van der Waals surface area contributed by atoms with E-state index in [9.17, 15) is 0 Å². The van der Waals surface area contributed by atoms with Crippen molar-refractivity contribution < 1.29 is 0 Å². The zero-order valence-electron chi connectivity index (χ0n) is 12.7. The predicted molar refractivity (Wildman–Crippen MR) is 87.6 cm³/mol. The molecule has 0 bridgehead atoms. The minimum atomic E-state index is 0.261. The Hall–Kier alpha value is 0.620. The van der Waals surface area contributed by atoms with Crippen molar-refractivity contribution in [3.05, 3.63) is 0 Å². The highest BCUT2D eigenvalue weighted by atomic mass is 33.1. The third kappa shape index (κ3) is 6.69. The average molecular weight is 291 g/mol. The second kappa shape index (κ2) is 6.87. The zero-order valence-corrected chi connectivity index (χ0v) is 14.4. The van der Waals surface area contributed by atoms with Crippen LogP contribution in [0.4, 0.5) is 0 Å². The van der Waals surface area contributed by atoms with Gasteiger partial charge in [0, 0.05) is 37.5 Å². The fourth-order valence-corrected chi connectivity index (χ4v) is 2.65. The summed E-state index contributed by atoms with van der Waals surface area (Å²) >= 11 is 4.36. The lowest BCUT2D eigenvalue weighted by Gasteiger charge is -2.38. The molecule has 0 atom stereocenters. The van der Waals surface area contributed by atoms with Crippen LogP contribution < -0.4 is 0 Å². The maximum Gasteiger partial charge on any atom is 0.0331 e. The van der Waals surface area contributed by atoms with Crippen molar-refractivity contribution in [1.82, 2.24) is 9.80 Å². The molecule has 0 saturated carbocycles. The first-order valence-electron chi connectivity index (χ1n) is 6.99. The number of thiol groups is 1. The molecule has 0 aromatic heterocycles. The summed E-state index contributed by atoms with van der Waals surface area (Å²) in [6, 6.07) is 0. The first-order chi connectivity index (χ1) is 8.22. The van der Waals surface area contributed by atoms with Crippen LogP contribution in [-0.2, 0) is 0 Å². The van der Waals surface area contributed by atoms with Gasteiger partial charge in [0.1, 0.15) is 0 Å². The standard InChI is InChI=1S/C14H30N2S2/c1-13(2,3)6-7-15-8-10-16(11-9-15)12-14(4,5)18-17/h17H,6-12H2,1-5H3. The monoisotopic (exact) mass is 290 g/mol. The Bertz CT molecular complexity index is 241. The lowest BCUT2D eigenvalue weighted by molar-refractivity contribution is 0.116. The lowest BCUT2D eigenvalue weighted by Crippen LogP contribution is -2.50. The van der Waals surface area contributed by atoms with Gasteiger partial charge in [-0.15, -0.1) is 11.7 Å². The van der Waals surface area contributed by atoms with Crippen LogP contribution in [0.5, 0.6) is 0 Å². The van der Waals surface area contributed by atoms with Crippen LogP contribution in [0.15, 0.2) is 0 Å². The van der Waals surface area contributed by atoms with Gasteiger partial charge in [-0.1, -0.05) is 31.6 Å². The first kappa shape index (κ1) is 16.7. The lowest BCUT2D eigenvalue weighted by atomic mass is 9.92. The van der Waals surface area contributed by atoms with Crippen LogP contribution >= 0.6 is 22.5 Å². The summed E-state index contributed by atoms with van der Waals surface area (Å²) in [6.07, 6.45) is 1.30. The minimum absolute atomic E-state index is 0.261. The van der Waals surface area contributed by atoms with Gasteiger partial charge in [0.15, 0.2) is 0 Å². The van der Waals surface area contributed by atoms with Crippen LogP contribution in [0.1, 0.15) is 41.0 Å². The molecule has 18 heavy (non-hydrogen) atoms. The smallest absolute Gasteiger partial charge is 0.0331 e. The number of rotatable bonds is 5. The van der Waals surface area contributed by atoms with Gasteiger partial charge in [-0.2, -0.15) is 0 Å². The van der Waals surface area contributed by atoms with Crippen molar-refractivity contribution in [3.8, 4) is 0 Å². The Kier molecular flexibility index (Phi) is 6.36. The fourth-order valence-electron chi connectivity index (χ4n) is 2.23. The Morgan fingerprint density at radius 3 is 1.89 bits per heavy atom. The molecule has 0 spiro atoms. The number of hydrogen-bond acceptors (Lipinski definition) is 4. The van der Waals surface area contributed by atoms with Crippen molar-refractivity contribution in [3.63, 3.8) is 0 Å². The van der Waals surface area contributed by atoms with Gasteiger partial charge in [-0.05, 0) is 32.2 Å². The fraction of sp³-hybridized carbons (Fsp3) is 1.00. The molecule has 0 unspecified atom stereocenters. The van der Waals surface area contributed by atoms with E-state index < -0.39 is 0 Å². The SMILES string of the molecule is CC(C)(C)CCN1CCN(CC(C)(C)SS)CC1. The molecule has 0 radical (unpaired) electrons. The van der Waals surface area contributed by atoms with E-state index in [0.29, 0.717) is 5.41 Å². The van der Waals surface area contributed by atoms with E-state index in [0.717, 1.165) is 6.54 Å². The van der Waals surface area contributed by atoms with E-state index in [2.05, 4.69) is 56.1 Å². The highest BCUT2D eigenvalue weighted by Gasteiger charge is 2.24. The van der Waals surface area contributed by atoms with Gasteiger partial charge in [0.2, 0.25) is 0 Å². The third-order valence-corrected chi connectivity index (χ3v) is 5.60. The maximum absolute atomic E-state index is 4.36. The molecular formula is C14H30N2S2. The number of piperazine rings is 1.